The summed E-state index contributed by atoms with van der Waals surface area (Å²) >= 11 is 0. The molecular formula is C21H30F3N3O3. The summed E-state index contributed by atoms with van der Waals surface area (Å²) in [5.41, 5.74) is 0.988. The molecule has 0 spiro atoms. The second-order valence-corrected chi connectivity index (χ2v) is 8.00. The van der Waals surface area contributed by atoms with Crippen molar-refractivity contribution in [1.82, 2.24) is 15.1 Å². The number of nitrogens with zero attached hydrogens (tertiary/aromatic N) is 2. The molecular weight excluding hydrogens is 399 g/mol. The molecule has 168 valence electrons. The van der Waals surface area contributed by atoms with E-state index in [-0.39, 0.29) is 29.9 Å². The summed E-state index contributed by atoms with van der Waals surface area (Å²) in [7, 11) is 0. The number of carbonyl (C=O) groups is 2. The van der Waals surface area contributed by atoms with E-state index < -0.39 is 18.8 Å². The van der Waals surface area contributed by atoms with Gasteiger partial charge in [-0.1, -0.05) is 26.0 Å². The normalized spacial score (nSPS) is 17.0. The van der Waals surface area contributed by atoms with Crippen LogP contribution in [0.15, 0.2) is 24.3 Å². The summed E-state index contributed by atoms with van der Waals surface area (Å²) in [5.74, 6) is 0.0514. The summed E-state index contributed by atoms with van der Waals surface area (Å²) in [6.45, 7) is 7.94. The van der Waals surface area contributed by atoms with E-state index in [0.29, 0.717) is 6.54 Å². The zero-order valence-electron chi connectivity index (χ0n) is 17.7. The number of benzene rings is 1. The summed E-state index contributed by atoms with van der Waals surface area (Å²) in [6.07, 6.45) is -4.35. The van der Waals surface area contributed by atoms with E-state index in [1.165, 1.54) is 6.92 Å². The summed E-state index contributed by atoms with van der Waals surface area (Å²) in [5, 5.41) is 2.81. The molecule has 0 radical (unpaired) electrons. The minimum Gasteiger partial charge on any atom is -0.484 e. The van der Waals surface area contributed by atoms with Crippen LogP contribution in [0.2, 0.25) is 0 Å². The zero-order valence-corrected chi connectivity index (χ0v) is 17.7. The monoisotopic (exact) mass is 429 g/mol. The van der Waals surface area contributed by atoms with Gasteiger partial charge in [-0.2, -0.15) is 13.2 Å². The molecule has 0 saturated carbocycles. The Morgan fingerprint density at radius 3 is 2.13 bits per heavy atom. The Hall–Kier alpha value is -2.13. The molecule has 1 aromatic rings. The fraction of sp³-hybridized carbons (Fsp3) is 0.619. The van der Waals surface area contributed by atoms with Gasteiger partial charge in [-0.15, -0.1) is 0 Å². The number of hydrogen-bond acceptors (Lipinski definition) is 5. The highest BCUT2D eigenvalue weighted by molar-refractivity contribution is 5.88. The molecule has 1 heterocycles. The quantitative estimate of drug-likeness (QED) is 0.654. The Bertz CT molecular complexity index is 700. The predicted octanol–water partition coefficient (Wildman–Crippen LogP) is 2.48. The van der Waals surface area contributed by atoms with Gasteiger partial charge in [-0.05, 0) is 30.5 Å². The fourth-order valence-corrected chi connectivity index (χ4v) is 3.38. The third kappa shape index (κ3) is 8.31. The summed E-state index contributed by atoms with van der Waals surface area (Å²) in [6, 6.07) is 6.16. The van der Waals surface area contributed by atoms with Crippen LogP contribution >= 0.6 is 0 Å². The van der Waals surface area contributed by atoms with Crippen LogP contribution in [0.1, 0.15) is 26.3 Å². The van der Waals surface area contributed by atoms with Crippen LogP contribution in [-0.4, -0.2) is 73.0 Å². The average Bonchev–Trinajstić information content (AvgIpc) is 2.66. The molecule has 2 rings (SSSR count). The van der Waals surface area contributed by atoms with Gasteiger partial charge >= 0.3 is 6.18 Å². The number of nitrogens with one attached hydrogen (secondary N) is 1. The van der Waals surface area contributed by atoms with Crippen molar-refractivity contribution in [3.8, 4) is 5.75 Å². The first kappa shape index (κ1) is 24.1. The second-order valence-electron chi connectivity index (χ2n) is 8.00. The third-order valence-electron chi connectivity index (χ3n) is 4.99. The standard InChI is InChI=1S/C21H30F3N3O3/c1-15(2)20(16(3)28)25-19(29)13-27-10-8-26(9-11-27)12-17-4-6-18(7-5-17)30-14-21(22,23)24/h4-7,15,20H,8-14H2,1-3H3,(H,25,29)/t20-/m0/s1. The molecule has 1 saturated heterocycles. The number of piperazine rings is 1. The average molecular weight is 429 g/mol. The first-order valence-electron chi connectivity index (χ1n) is 10.1. The van der Waals surface area contributed by atoms with E-state index in [2.05, 4.69) is 15.1 Å². The molecule has 1 aliphatic heterocycles. The molecule has 0 aliphatic carbocycles. The van der Waals surface area contributed by atoms with Gasteiger partial charge in [-0.25, -0.2) is 0 Å². The fourth-order valence-electron chi connectivity index (χ4n) is 3.38. The first-order chi connectivity index (χ1) is 14.0. The number of halogens is 3. The number of amides is 1. The smallest absolute Gasteiger partial charge is 0.422 e. The van der Waals surface area contributed by atoms with E-state index >= 15 is 0 Å². The molecule has 1 aromatic carbocycles. The molecule has 9 heteroatoms. The van der Waals surface area contributed by atoms with Gasteiger partial charge < -0.3 is 10.1 Å². The molecule has 0 unspecified atom stereocenters. The lowest BCUT2D eigenvalue weighted by Gasteiger charge is -2.34. The molecule has 1 aliphatic rings. The van der Waals surface area contributed by atoms with Crippen molar-refractivity contribution in [2.75, 3.05) is 39.3 Å². The van der Waals surface area contributed by atoms with Crippen molar-refractivity contribution in [3.05, 3.63) is 29.8 Å². The van der Waals surface area contributed by atoms with Crippen LogP contribution in [0.3, 0.4) is 0 Å². The number of rotatable bonds is 9. The molecule has 1 N–H and O–H groups in total. The summed E-state index contributed by atoms with van der Waals surface area (Å²) in [4.78, 5) is 28.2. The van der Waals surface area contributed by atoms with Crippen molar-refractivity contribution >= 4 is 11.7 Å². The maximum Gasteiger partial charge on any atom is 0.422 e. The molecule has 0 aromatic heterocycles. The van der Waals surface area contributed by atoms with Crippen LogP contribution in [0, 0.1) is 5.92 Å². The van der Waals surface area contributed by atoms with Gasteiger partial charge in [0.2, 0.25) is 5.91 Å². The van der Waals surface area contributed by atoms with Crippen molar-refractivity contribution < 1.29 is 27.5 Å². The molecule has 30 heavy (non-hydrogen) atoms. The van der Waals surface area contributed by atoms with Crippen molar-refractivity contribution in [1.29, 1.82) is 0 Å². The third-order valence-corrected chi connectivity index (χ3v) is 4.99. The first-order valence-corrected chi connectivity index (χ1v) is 10.1. The van der Waals surface area contributed by atoms with Gasteiger partial charge in [0.25, 0.3) is 0 Å². The maximum absolute atomic E-state index is 12.2. The van der Waals surface area contributed by atoms with E-state index in [1.807, 2.05) is 13.8 Å². The van der Waals surface area contributed by atoms with E-state index in [1.54, 1.807) is 24.3 Å². The van der Waals surface area contributed by atoms with Gasteiger partial charge in [0.15, 0.2) is 12.4 Å². The van der Waals surface area contributed by atoms with E-state index in [9.17, 15) is 22.8 Å². The van der Waals surface area contributed by atoms with Crippen molar-refractivity contribution in [2.24, 2.45) is 5.92 Å². The van der Waals surface area contributed by atoms with E-state index in [0.717, 1.165) is 31.7 Å². The molecule has 1 atom stereocenters. The Morgan fingerprint density at radius 1 is 1.07 bits per heavy atom. The van der Waals surface area contributed by atoms with Crippen molar-refractivity contribution in [3.63, 3.8) is 0 Å². The van der Waals surface area contributed by atoms with Gasteiger partial charge in [0, 0.05) is 32.7 Å². The number of alkyl halides is 3. The highest BCUT2D eigenvalue weighted by atomic mass is 19.4. The number of Topliss-reactive ketones (excluding diaryl/α,β-unsaturated/α-hetero) is 1. The Kier molecular flexibility index (Phi) is 8.66. The lowest BCUT2D eigenvalue weighted by molar-refractivity contribution is -0.153. The molecule has 1 amide bonds. The molecule has 6 nitrogen and oxygen atoms in total. The predicted molar refractivity (Wildman–Crippen MR) is 107 cm³/mol. The van der Waals surface area contributed by atoms with Crippen LogP contribution in [0.4, 0.5) is 13.2 Å². The SMILES string of the molecule is CC(=O)[C@@H](NC(=O)CN1CCN(Cc2ccc(OCC(F)(F)F)cc2)CC1)C(C)C. The van der Waals surface area contributed by atoms with Gasteiger partial charge in [-0.3, -0.25) is 19.4 Å². The lowest BCUT2D eigenvalue weighted by Crippen LogP contribution is -2.51. The summed E-state index contributed by atoms with van der Waals surface area (Å²) < 4.78 is 41.3. The number of ether oxygens (including phenoxy) is 1. The van der Waals surface area contributed by atoms with Gasteiger partial charge in [0.05, 0.1) is 12.6 Å². The highest BCUT2D eigenvalue weighted by Gasteiger charge is 2.28. The minimum atomic E-state index is -4.35. The number of ketones is 1. The minimum absolute atomic E-state index is 0.0435. The van der Waals surface area contributed by atoms with Crippen LogP contribution in [0.25, 0.3) is 0 Å². The van der Waals surface area contributed by atoms with Crippen molar-refractivity contribution in [2.45, 2.75) is 39.5 Å². The Labute approximate surface area is 175 Å². The molecule has 1 fully saturated rings. The Balaban J connectivity index is 1.74. The lowest BCUT2D eigenvalue weighted by atomic mass is 10.0. The number of carbonyl (C=O) groups excluding carboxylic acids is 2. The largest absolute Gasteiger partial charge is 0.484 e. The van der Waals surface area contributed by atoms with Crippen LogP contribution in [-0.2, 0) is 16.1 Å². The van der Waals surface area contributed by atoms with Crippen LogP contribution < -0.4 is 10.1 Å². The topological polar surface area (TPSA) is 61.9 Å². The highest BCUT2D eigenvalue weighted by Crippen LogP contribution is 2.19. The van der Waals surface area contributed by atoms with Gasteiger partial charge in [0.1, 0.15) is 5.75 Å². The zero-order chi connectivity index (χ0) is 22.3. The van der Waals surface area contributed by atoms with Crippen LogP contribution in [0.5, 0.6) is 5.75 Å². The maximum atomic E-state index is 12.2. The Morgan fingerprint density at radius 2 is 1.63 bits per heavy atom. The number of hydrogen-bond donors (Lipinski definition) is 1. The second kappa shape index (κ2) is 10.8. The van der Waals surface area contributed by atoms with E-state index in [4.69, 9.17) is 4.74 Å². The molecule has 0 bridgehead atoms.